The number of aromatic carboxylic acids is 1. The first kappa shape index (κ1) is 28.0. The highest BCUT2D eigenvalue weighted by atomic mass is 16.5. The molecule has 1 fully saturated rings. The van der Waals surface area contributed by atoms with Gasteiger partial charge in [-0.15, -0.1) is 0 Å². The Hall–Kier alpha value is -3.51. The quantitative estimate of drug-likeness (QED) is 0.182. The minimum absolute atomic E-state index is 0.115. The van der Waals surface area contributed by atoms with Gasteiger partial charge in [-0.05, 0) is 90.6 Å². The van der Waals surface area contributed by atoms with E-state index in [0.29, 0.717) is 18.0 Å². The first-order chi connectivity index (χ1) is 19.2. The van der Waals surface area contributed by atoms with Crippen molar-refractivity contribution in [1.82, 2.24) is 5.32 Å². The molecule has 0 aromatic heterocycles. The zero-order valence-electron chi connectivity index (χ0n) is 23.6. The number of hydrogen-bond donors (Lipinski definition) is 3. The maximum atomic E-state index is 11.5. The molecule has 1 aliphatic carbocycles. The van der Waals surface area contributed by atoms with Crippen molar-refractivity contribution in [2.45, 2.75) is 57.8 Å². The highest BCUT2D eigenvalue weighted by Crippen LogP contribution is 2.46. The number of aryl methyl sites for hydroxylation is 1. The van der Waals surface area contributed by atoms with E-state index in [1.165, 1.54) is 16.3 Å². The van der Waals surface area contributed by atoms with Gasteiger partial charge in [0, 0.05) is 12.1 Å². The van der Waals surface area contributed by atoms with Crippen molar-refractivity contribution >= 4 is 16.7 Å². The van der Waals surface area contributed by atoms with E-state index in [1.54, 1.807) is 6.07 Å². The Balaban J connectivity index is 1.22. The predicted octanol–water partition coefficient (Wildman–Crippen LogP) is 6.95. The SMILES string of the molecule is Cc1cc(-c2ccccc2C(OC[C@H](O)CNC(C)(C)Cc2ccc3ccccc3c2)C2CC2)ccc1C(=O)O. The van der Waals surface area contributed by atoms with E-state index >= 15 is 0 Å². The van der Waals surface area contributed by atoms with Gasteiger partial charge in [-0.2, -0.15) is 0 Å². The van der Waals surface area contributed by atoms with Gasteiger partial charge in [-0.3, -0.25) is 0 Å². The Morgan fingerprint density at radius 2 is 1.70 bits per heavy atom. The van der Waals surface area contributed by atoms with Gasteiger partial charge in [0.05, 0.1) is 24.4 Å². The average molecular weight is 538 g/mol. The Kier molecular flexibility index (Phi) is 8.36. The molecule has 3 N–H and O–H groups in total. The Bertz CT molecular complexity index is 1490. The first-order valence-corrected chi connectivity index (χ1v) is 14.2. The average Bonchev–Trinajstić information content (AvgIpc) is 3.77. The molecule has 0 spiro atoms. The number of aliphatic hydroxyl groups is 1. The molecule has 0 bridgehead atoms. The summed E-state index contributed by atoms with van der Waals surface area (Å²) in [5.41, 5.74) is 5.23. The number of ether oxygens (including phenoxy) is 1. The topological polar surface area (TPSA) is 78.8 Å². The number of carboxylic acid groups (broad SMARTS) is 1. The van der Waals surface area contributed by atoms with Crippen LogP contribution < -0.4 is 5.32 Å². The number of aliphatic hydroxyl groups excluding tert-OH is 1. The molecule has 0 radical (unpaired) electrons. The standard InChI is InChI=1S/C35H39NO4/c1-23-18-28(16-17-30(23)34(38)39)31-10-6-7-11-32(31)33(26-14-15-26)40-22-29(37)21-36-35(2,3)20-24-12-13-25-8-4-5-9-27(25)19-24/h4-13,16-19,26,29,33,36-37H,14-15,20-22H2,1-3H3,(H,38,39)/t29-,33?/m1/s1. The molecule has 40 heavy (non-hydrogen) atoms. The van der Waals surface area contributed by atoms with Crippen LogP contribution in [0.3, 0.4) is 0 Å². The number of nitrogens with one attached hydrogen (secondary N) is 1. The summed E-state index contributed by atoms with van der Waals surface area (Å²) in [5, 5.41) is 26.3. The van der Waals surface area contributed by atoms with Crippen LogP contribution in [0.5, 0.6) is 0 Å². The Morgan fingerprint density at radius 3 is 2.42 bits per heavy atom. The molecule has 4 aromatic carbocycles. The third-order valence-corrected chi connectivity index (χ3v) is 7.83. The predicted molar refractivity (Wildman–Crippen MR) is 161 cm³/mol. The number of β-amino-alcohol motifs (C(OH)–C–C–N with tert-alkyl or cyclic N) is 1. The molecule has 208 valence electrons. The summed E-state index contributed by atoms with van der Waals surface area (Å²) in [7, 11) is 0. The summed E-state index contributed by atoms with van der Waals surface area (Å²) in [5.74, 6) is -0.496. The zero-order chi connectivity index (χ0) is 28.3. The lowest BCUT2D eigenvalue weighted by molar-refractivity contribution is -0.0209. The monoisotopic (exact) mass is 537 g/mol. The molecular formula is C35H39NO4. The largest absolute Gasteiger partial charge is 0.478 e. The lowest BCUT2D eigenvalue weighted by atomic mass is 9.92. The van der Waals surface area contributed by atoms with Crippen LogP contribution in [0, 0.1) is 12.8 Å². The van der Waals surface area contributed by atoms with Gasteiger partial charge in [0.15, 0.2) is 0 Å². The zero-order valence-corrected chi connectivity index (χ0v) is 23.6. The number of rotatable bonds is 12. The number of carbonyl (C=O) groups is 1. The van der Waals surface area contributed by atoms with E-state index in [-0.39, 0.29) is 18.2 Å². The first-order valence-electron chi connectivity index (χ1n) is 14.2. The number of fused-ring (bicyclic) bond motifs is 1. The molecule has 0 saturated heterocycles. The Morgan fingerprint density at radius 1 is 0.975 bits per heavy atom. The van der Waals surface area contributed by atoms with Crippen molar-refractivity contribution in [1.29, 1.82) is 0 Å². The van der Waals surface area contributed by atoms with E-state index in [4.69, 9.17) is 4.74 Å². The maximum Gasteiger partial charge on any atom is 0.335 e. The van der Waals surface area contributed by atoms with Crippen molar-refractivity contribution in [2.24, 2.45) is 5.92 Å². The normalized spacial score (nSPS) is 15.2. The van der Waals surface area contributed by atoms with E-state index in [9.17, 15) is 15.0 Å². The van der Waals surface area contributed by atoms with Crippen molar-refractivity contribution in [3.05, 3.63) is 107 Å². The lowest BCUT2D eigenvalue weighted by Gasteiger charge is -2.29. The molecular weight excluding hydrogens is 498 g/mol. The van der Waals surface area contributed by atoms with Gasteiger partial charge in [0.1, 0.15) is 0 Å². The maximum absolute atomic E-state index is 11.5. The van der Waals surface area contributed by atoms with Crippen molar-refractivity contribution in [3.8, 4) is 11.1 Å². The van der Waals surface area contributed by atoms with Gasteiger partial charge in [0.25, 0.3) is 0 Å². The minimum atomic E-state index is -0.917. The minimum Gasteiger partial charge on any atom is -0.478 e. The third kappa shape index (κ3) is 6.79. The van der Waals surface area contributed by atoms with Crippen LogP contribution in [0.1, 0.15) is 59.8 Å². The molecule has 1 aliphatic rings. The number of hydrogen-bond acceptors (Lipinski definition) is 4. The van der Waals surface area contributed by atoms with Gasteiger partial charge >= 0.3 is 5.97 Å². The van der Waals surface area contributed by atoms with Crippen molar-refractivity contribution in [3.63, 3.8) is 0 Å². The molecule has 0 amide bonds. The summed E-state index contributed by atoms with van der Waals surface area (Å²) < 4.78 is 6.42. The smallest absolute Gasteiger partial charge is 0.335 e. The highest BCUT2D eigenvalue weighted by Gasteiger charge is 2.35. The molecule has 2 atom stereocenters. The Labute approximate surface area is 236 Å². The molecule has 0 heterocycles. The second-order valence-corrected chi connectivity index (χ2v) is 11.8. The number of carboxylic acids is 1. The van der Waals surface area contributed by atoms with Crippen LogP contribution in [0.15, 0.2) is 84.9 Å². The highest BCUT2D eigenvalue weighted by molar-refractivity contribution is 5.90. The van der Waals surface area contributed by atoms with Gasteiger partial charge in [-0.1, -0.05) is 78.9 Å². The van der Waals surface area contributed by atoms with Gasteiger partial charge < -0.3 is 20.3 Å². The van der Waals surface area contributed by atoms with Crippen LogP contribution in [-0.4, -0.2) is 41.0 Å². The fourth-order valence-electron chi connectivity index (χ4n) is 5.55. The summed E-state index contributed by atoms with van der Waals surface area (Å²) in [4.78, 5) is 11.5. The molecule has 1 unspecified atom stereocenters. The molecule has 4 aromatic rings. The third-order valence-electron chi connectivity index (χ3n) is 7.83. The fraction of sp³-hybridized carbons (Fsp3) is 0.343. The van der Waals surface area contributed by atoms with E-state index in [0.717, 1.165) is 41.5 Å². The summed E-state index contributed by atoms with van der Waals surface area (Å²) in [6.07, 6.45) is 2.30. The van der Waals surface area contributed by atoms with Gasteiger partial charge in [-0.25, -0.2) is 4.79 Å². The molecule has 5 nitrogen and oxygen atoms in total. The van der Waals surface area contributed by atoms with Crippen LogP contribution in [0.4, 0.5) is 0 Å². The van der Waals surface area contributed by atoms with E-state index in [1.807, 2.05) is 31.2 Å². The molecule has 1 saturated carbocycles. The second kappa shape index (κ2) is 11.9. The van der Waals surface area contributed by atoms with E-state index < -0.39 is 12.1 Å². The molecule has 5 heteroatoms. The fourth-order valence-corrected chi connectivity index (χ4v) is 5.55. The van der Waals surface area contributed by atoms with Crippen LogP contribution in [0.2, 0.25) is 0 Å². The lowest BCUT2D eigenvalue weighted by Crippen LogP contribution is -2.46. The van der Waals surface area contributed by atoms with Gasteiger partial charge in [0.2, 0.25) is 0 Å². The summed E-state index contributed by atoms with van der Waals surface area (Å²) >= 11 is 0. The van der Waals surface area contributed by atoms with Crippen molar-refractivity contribution < 1.29 is 19.7 Å². The van der Waals surface area contributed by atoms with Crippen LogP contribution in [0.25, 0.3) is 21.9 Å². The summed E-state index contributed by atoms with van der Waals surface area (Å²) in [6, 6.07) is 28.6. The second-order valence-electron chi connectivity index (χ2n) is 11.8. The van der Waals surface area contributed by atoms with Crippen LogP contribution in [-0.2, 0) is 11.2 Å². The van der Waals surface area contributed by atoms with Crippen molar-refractivity contribution in [2.75, 3.05) is 13.2 Å². The molecule has 5 rings (SSSR count). The van der Waals surface area contributed by atoms with Crippen LogP contribution >= 0.6 is 0 Å². The summed E-state index contributed by atoms with van der Waals surface area (Å²) in [6.45, 7) is 6.84. The van der Waals surface area contributed by atoms with E-state index in [2.05, 4.69) is 73.8 Å². The number of benzene rings is 4. The molecule has 0 aliphatic heterocycles.